The Balaban J connectivity index is 2.27. The van der Waals surface area contributed by atoms with Gasteiger partial charge in [0, 0.05) is 12.1 Å². The molecule has 21 heavy (non-hydrogen) atoms. The second kappa shape index (κ2) is 6.35. The van der Waals surface area contributed by atoms with Crippen molar-refractivity contribution in [3.63, 3.8) is 0 Å². The lowest BCUT2D eigenvalue weighted by atomic mass is 9.90. The predicted molar refractivity (Wildman–Crippen MR) is 79.6 cm³/mol. The van der Waals surface area contributed by atoms with Crippen molar-refractivity contribution in [1.82, 2.24) is 4.90 Å². The van der Waals surface area contributed by atoms with Crippen LogP contribution >= 0.6 is 0 Å². The molecule has 5 nitrogen and oxygen atoms in total. The second-order valence-electron chi connectivity index (χ2n) is 5.61. The number of carboxylic acids is 1. The van der Waals surface area contributed by atoms with E-state index in [2.05, 4.69) is 0 Å². The molecule has 1 aliphatic rings. The van der Waals surface area contributed by atoms with Crippen LogP contribution in [0.25, 0.3) is 0 Å². The Morgan fingerprint density at radius 3 is 2.86 bits per heavy atom. The molecule has 2 N–H and O–H groups in total. The minimum Gasteiger partial charge on any atom is -0.508 e. The van der Waals surface area contributed by atoms with E-state index < -0.39 is 11.5 Å². The third-order valence-electron chi connectivity index (χ3n) is 4.33. The van der Waals surface area contributed by atoms with Gasteiger partial charge in [0.25, 0.3) is 0 Å². The number of rotatable bonds is 6. The fourth-order valence-corrected chi connectivity index (χ4v) is 3.23. The summed E-state index contributed by atoms with van der Waals surface area (Å²) in [4.78, 5) is 13.8. The minimum atomic E-state index is -0.801. The highest BCUT2D eigenvalue weighted by Gasteiger charge is 2.46. The van der Waals surface area contributed by atoms with Crippen LogP contribution in [-0.4, -0.2) is 40.3 Å². The number of benzene rings is 1. The minimum absolute atomic E-state index is 0.179. The molecular weight excluding hydrogens is 270 g/mol. The fourth-order valence-electron chi connectivity index (χ4n) is 3.23. The summed E-state index contributed by atoms with van der Waals surface area (Å²) in [5, 5.41) is 19.7. The third kappa shape index (κ3) is 2.97. The van der Waals surface area contributed by atoms with Crippen LogP contribution < -0.4 is 4.74 Å². The summed E-state index contributed by atoms with van der Waals surface area (Å²) in [7, 11) is 1.57. The van der Waals surface area contributed by atoms with Crippen molar-refractivity contribution >= 4 is 5.97 Å². The van der Waals surface area contributed by atoms with E-state index in [0.717, 1.165) is 19.4 Å². The van der Waals surface area contributed by atoms with Gasteiger partial charge in [-0.3, -0.25) is 9.69 Å². The van der Waals surface area contributed by atoms with Gasteiger partial charge in [0.05, 0.1) is 7.11 Å². The SMILES string of the molecule is CCCC1(C(=O)O)CCCN1Cc1cc(OC)ccc1O. The maximum Gasteiger partial charge on any atom is 0.324 e. The first-order chi connectivity index (χ1) is 10.0. The highest BCUT2D eigenvalue weighted by atomic mass is 16.5. The summed E-state index contributed by atoms with van der Waals surface area (Å²) in [6, 6.07) is 5.05. The Morgan fingerprint density at radius 1 is 1.48 bits per heavy atom. The van der Waals surface area contributed by atoms with Gasteiger partial charge in [0.1, 0.15) is 17.0 Å². The number of methoxy groups -OCH3 is 1. The van der Waals surface area contributed by atoms with E-state index in [1.807, 2.05) is 11.8 Å². The number of phenols is 1. The van der Waals surface area contributed by atoms with Crippen molar-refractivity contribution in [2.45, 2.75) is 44.7 Å². The number of ether oxygens (including phenoxy) is 1. The molecule has 0 amide bonds. The van der Waals surface area contributed by atoms with E-state index in [1.165, 1.54) is 0 Å². The summed E-state index contributed by atoms with van der Waals surface area (Å²) >= 11 is 0. The zero-order valence-electron chi connectivity index (χ0n) is 12.6. The van der Waals surface area contributed by atoms with Crippen molar-refractivity contribution < 1.29 is 19.7 Å². The van der Waals surface area contributed by atoms with Crippen molar-refractivity contribution in [3.8, 4) is 11.5 Å². The summed E-state index contributed by atoms with van der Waals surface area (Å²) in [6.45, 7) is 3.17. The standard InChI is InChI=1S/C16H23NO4/c1-3-7-16(15(19)20)8-4-9-17(16)11-12-10-13(21-2)5-6-14(12)18/h5-6,10,18H,3-4,7-9,11H2,1-2H3,(H,19,20). The predicted octanol–water partition coefficient (Wildman–Crippen LogP) is 2.62. The van der Waals surface area contributed by atoms with Crippen LogP contribution in [0.1, 0.15) is 38.2 Å². The lowest BCUT2D eigenvalue weighted by Gasteiger charge is -2.34. The van der Waals surface area contributed by atoms with Gasteiger partial charge in [-0.1, -0.05) is 13.3 Å². The van der Waals surface area contributed by atoms with Gasteiger partial charge < -0.3 is 14.9 Å². The van der Waals surface area contributed by atoms with Crippen LogP contribution in [0.3, 0.4) is 0 Å². The first-order valence-corrected chi connectivity index (χ1v) is 7.38. The maximum atomic E-state index is 11.8. The normalized spacial score (nSPS) is 22.4. The summed E-state index contributed by atoms with van der Waals surface area (Å²) in [5.41, 5.74) is -0.0949. The topological polar surface area (TPSA) is 70.0 Å². The molecular formula is C16H23NO4. The van der Waals surface area contributed by atoms with Crippen LogP contribution in [0, 0.1) is 0 Å². The quantitative estimate of drug-likeness (QED) is 0.843. The molecule has 0 radical (unpaired) electrons. The largest absolute Gasteiger partial charge is 0.508 e. The molecule has 0 saturated carbocycles. The van der Waals surface area contributed by atoms with E-state index >= 15 is 0 Å². The van der Waals surface area contributed by atoms with Gasteiger partial charge in [0.15, 0.2) is 0 Å². The van der Waals surface area contributed by atoms with Crippen LogP contribution in [0.15, 0.2) is 18.2 Å². The molecule has 5 heteroatoms. The Kier molecular flexibility index (Phi) is 4.73. The zero-order chi connectivity index (χ0) is 15.5. The summed E-state index contributed by atoms with van der Waals surface area (Å²) < 4.78 is 5.18. The molecule has 2 rings (SSSR count). The Labute approximate surface area is 125 Å². The summed E-state index contributed by atoms with van der Waals surface area (Å²) in [6.07, 6.45) is 3.00. The van der Waals surface area contributed by atoms with E-state index in [1.54, 1.807) is 25.3 Å². The molecule has 1 fully saturated rings. The van der Waals surface area contributed by atoms with Crippen molar-refractivity contribution in [2.24, 2.45) is 0 Å². The van der Waals surface area contributed by atoms with Gasteiger partial charge in [-0.2, -0.15) is 0 Å². The Hall–Kier alpha value is -1.75. The molecule has 116 valence electrons. The lowest BCUT2D eigenvalue weighted by molar-refractivity contribution is -0.150. The van der Waals surface area contributed by atoms with Gasteiger partial charge in [-0.05, 0) is 44.0 Å². The van der Waals surface area contributed by atoms with Crippen LogP contribution in [0.5, 0.6) is 11.5 Å². The molecule has 1 saturated heterocycles. The van der Waals surface area contributed by atoms with Gasteiger partial charge in [-0.15, -0.1) is 0 Å². The fraction of sp³-hybridized carbons (Fsp3) is 0.562. The molecule has 0 bridgehead atoms. The highest BCUT2D eigenvalue weighted by molar-refractivity contribution is 5.79. The molecule has 1 aliphatic heterocycles. The molecule has 1 heterocycles. The lowest BCUT2D eigenvalue weighted by Crippen LogP contribution is -2.49. The second-order valence-corrected chi connectivity index (χ2v) is 5.61. The van der Waals surface area contributed by atoms with E-state index in [4.69, 9.17) is 4.74 Å². The number of hydrogen-bond donors (Lipinski definition) is 2. The highest BCUT2D eigenvalue weighted by Crippen LogP contribution is 2.36. The van der Waals surface area contributed by atoms with Crippen molar-refractivity contribution in [1.29, 1.82) is 0 Å². The average molecular weight is 293 g/mol. The number of aromatic hydroxyl groups is 1. The van der Waals surface area contributed by atoms with E-state index in [9.17, 15) is 15.0 Å². The molecule has 0 aliphatic carbocycles. The Bertz CT molecular complexity index is 517. The zero-order valence-corrected chi connectivity index (χ0v) is 12.6. The third-order valence-corrected chi connectivity index (χ3v) is 4.33. The monoisotopic (exact) mass is 293 g/mol. The van der Waals surface area contributed by atoms with Gasteiger partial charge in [-0.25, -0.2) is 0 Å². The van der Waals surface area contributed by atoms with Crippen LogP contribution in [0.4, 0.5) is 0 Å². The number of phenolic OH excluding ortho intramolecular Hbond substituents is 1. The Morgan fingerprint density at radius 2 is 2.24 bits per heavy atom. The number of carboxylic acid groups (broad SMARTS) is 1. The molecule has 1 unspecified atom stereocenters. The average Bonchev–Trinajstić information content (AvgIpc) is 2.86. The number of likely N-dealkylation sites (tertiary alicyclic amines) is 1. The molecule has 1 aromatic carbocycles. The molecule has 1 aromatic rings. The van der Waals surface area contributed by atoms with Crippen LogP contribution in [0.2, 0.25) is 0 Å². The summed E-state index contributed by atoms with van der Waals surface area (Å²) in [5.74, 6) is 0.0844. The van der Waals surface area contributed by atoms with Crippen LogP contribution in [-0.2, 0) is 11.3 Å². The molecule has 0 spiro atoms. The molecule has 1 atom stereocenters. The molecule has 0 aromatic heterocycles. The van der Waals surface area contributed by atoms with E-state index in [-0.39, 0.29) is 5.75 Å². The maximum absolute atomic E-state index is 11.8. The van der Waals surface area contributed by atoms with Gasteiger partial charge in [0.2, 0.25) is 0 Å². The number of nitrogens with zero attached hydrogens (tertiary/aromatic N) is 1. The van der Waals surface area contributed by atoms with E-state index in [0.29, 0.717) is 30.7 Å². The smallest absolute Gasteiger partial charge is 0.324 e. The van der Waals surface area contributed by atoms with Gasteiger partial charge >= 0.3 is 5.97 Å². The first kappa shape index (κ1) is 15.6. The first-order valence-electron chi connectivity index (χ1n) is 7.38. The number of aliphatic carboxylic acids is 1. The number of hydrogen-bond acceptors (Lipinski definition) is 4. The number of carbonyl (C=O) groups is 1. The van der Waals surface area contributed by atoms with Crippen molar-refractivity contribution in [3.05, 3.63) is 23.8 Å². The van der Waals surface area contributed by atoms with Crippen molar-refractivity contribution in [2.75, 3.05) is 13.7 Å².